The Kier molecular flexibility index (Phi) is 1.01. The van der Waals surface area contributed by atoms with E-state index in [0.717, 1.165) is 5.69 Å². The van der Waals surface area contributed by atoms with Gasteiger partial charge in [0.25, 0.3) is 0 Å². The molecule has 1 aromatic rings. The van der Waals surface area contributed by atoms with Crippen molar-refractivity contribution in [1.29, 1.82) is 0 Å². The quantitative estimate of drug-likeness (QED) is 0.454. The van der Waals surface area contributed by atoms with E-state index in [1.807, 2.05) is 6.07 Å². The Labute approximate surface area is 71.9 Å². The number of anilines is 1. The summed E-state index contributed by atoms with van der Waals surface area (Å²) in [5.74, 6) is 1.35. The first-order valence-electron chi connectivity index (χ1n) is 4.42. The van der Waals surface area contributed by atoms with E-state index in [2.05, 4.69) is 24.3 Å². The highest BCUT2D eigenvalue weighted by Gasteiger charge is 2.32. The number of allylic oxidation sites excluding steroid dienone is 2. The Balaban J connectivity index is 2.24. The van der Waals surface area contributed by atoms with E-state index in [0.29, 0.717) is 11.8 Å². The van der Waals surface area contributed by atoms with Crippen LogP contribution in [0.1, 0.15) is 29.4 Å². The van der Waals surface area contributed by atoms with Gasteiger partial charge in [-0.25, -0.2) is 0 Å². The van der Waals surface area contributed by atoms with Crippen molar-refractivity contribution in [3.63, 3.8) is 0 Å². The molecule has 0 heterocycles. The van der Waals surface area contributed by atoms with Crippen LogP contribution in [0.15, 0.2) is 30.4 Å². The Morgan fingerprint density at radius 2 is 1.83 bits per heavy atom. The summed E-state index contributed by atoms with van der Waals surface area (Å²) in [5, 5.41) is 0. The molecule has 2 atom stereocenters. The Morgan fingerprint density at radius 3 is 2.67 bits per heavy atom. The van der Waals surface area contributed by atoms with Crippen molar-refractivity contribution < 1.29 is 0 Å². The molecule has 0 aliphatic heterocycles. The third-order valence-electron chi connectivity index (χ3n) is 2.99. The minimum Gasteiger partial charge on any atom is -0.399 e. The summed E-state index contributed by atoms with van der Waals surface area (Å²) in [4.78, 5) is 0. The Bertz CT molecular complexity index is 365. The average molecular weight is 157 g/mol. The molecule has 60 valence electrons. The molecule has 1 heteroatoms. The minimum atomic E-state index is 0.661. The van der Waals surface area contributed by atoms with Crippen LogP contribution in [-0.2, 0) is 0 Å². The maximum Gasteiger partial charge on any atom is 0.0317 e. The molecule has 0 unspecified atom stereocenters. The van der Waals surface area contributed by atoms with Crippen LogP contribution in [0.5, 0.6) is 0 Å². The fraction of sp³-hybridized carbons (Fsp3) is 0.273. The minimum absolute atomic E-state index is 0.661. The summed E-state index contributed by atoms with van der Waals surface area (Å²) in [6, 6.07) is 6.32. The van der Waals surface area contributed by atoms with Gasteiger partial charge in [-0.3, -0.25) is 0 Å². The molecule has 2 bridgehead atoms. The summed E-state index contributed by atoms with van der Waals surface area (Å²) in [7, 11) is 0. The van der Waals surface area contributed by atoms with Gasteiger partial charge in [0, 0.05) is 17.5 Å². The van der Waals surface area contributed by atoms with Gasteiger partial charge in [0.1, 0.15) is 0 Å². The highest BCUT2D eigenvalue weighted by atomic mass is 14.5. The maximum atomic E-state index is 5.74. The zero-order chi connectivity index (χ0) is 8.13. The molecule has 0 amide bonds. The number of nitrogens with two attached hydrogens (primary N) is 1. The van der Waals surface area contributed by atoms with Crippen LogP contribution in [0.2, 0.25) is 0 Å². The first kappa shape index (κ1) is 6.30. The van der Waals surface area contributed by atoms with Crippen molar-refractivity contribution in [2.24, 2.45) is 0 Å². The van der Waals surface area contributed by atoms with Crippen molar-refractivity contribution in [3.8, 4) is 0 Å². The lowest BCUT2D eigenvalue weighted by Crippen LogP contribution is -1.94. The van der Waals surface area contributed by atoms with Gasteiger partial charge in [0.15, 0.2) is 0 Å². The molecule has 12 heavy (non-hydrogen) atoms. The fourth-order valence-corrected chi connectivity index (χ4v) is 2.41. The van der Waals surface area contributed by atoms with Crippen molar-refractivity contribution >= 4 is 5.69 Å². The molecule has 1 aromatic carbocycles. The van der Waals surface area contributed by atoms with Gasteiger partial charge in [-0.2, -0.15) is 0 Å². The first-order valence-corrected chi connectivity index (χ1v) is 4.42. The second-order valence-corrected chi connectivity index (χ2v) is 3.72. The highest BCUT2D eigenvalue weighted by Crippen LogP contribution is 2.48. The number of hydrogen-bond donors (Lipinski definition) is 1. The van der Waals surface area contributed by atoms with Crippen LogP contribution < -0.4 is 5.73 Å². The van der Waals surface area contributed by atoms with E-state index in [1.54, 1.807) is 0 Å². The Morgan fingerprint density at radius 1 is 1.08 bits per heavy atom. The average Bonchev–Trinajstić information content (AvgIpc) is 2.63. The topological polar surface area (TPSA) is 26.0 Å². The van der Waals surface area contributed by atoms with E-state index in [4.69, 9.17) is 5.73 Å². The number of hydrogen-bond acceptors (Lipinski definition) is 1. The number of rotatable bonds is 0. The van der Waals surface area contributed by atoms with Crippen molar-refractivity contribution in [2.45, 2.75) is 18.3 Å². The molecule has 2 aliphatic rings. The van der Waals surface area contributed by atoms with Gasteiger partial charge in [-0.05, 0) is 29.7 Å². The van der Waals surface area contributed by atoms with Crippen LogP contribution in [0, 0.1) is 0 Å². The van der Waals surface area contributed by atoms with Crippen LogP contribution in [-0.4, -0.2) is 0 Å². The van der Waals surface area contributed by atoms with Gasteiger partial charge in [-0.1, -0.05) is 18.2 Å². The molecular formula is C11H11N. The highest BCUT2D eigenvalue weighted by molar-refractivity contribution is 5.54. The molecule has 0 radical (unpaired) electrons. The predicted octanol–water partition coefficient (Wildman–Crippen LogP) is 2.41. The third kappa shape index (κ3) is 0.638. The van der Waals surface area contributed by atoms with Gasteiger partial charge >= 0.3 is 0 Å². The largest absolute Gasteiger partial charge is 0.399 e. The lowest BCUT2D eigenvalue weighted by atomic mass is 9.96. The van der Waals surface area contributed by atoms with Crippen LogP contribution in [0.4, 0.5) is 5.69 Å². The molecule has 0 aromatic heterocycles. The van der Waals surface area contributed by atoms with E-state index in [1.165, 1.54) is 17.5 Å². The molecule has 0 spiro atoms. The number of fused-ring (bicyclic) bond motifs is 5. The van der Waals surface area contributed by atoms with Crippen LogP contribution in [0.3, 0.4) is 0 Å². The van der Waals surface area contributed by atoms with E-state index in [9.17, 15) is 0 Å². The van der Waals surface area contributed by atoms with Crippen molar-refractivity contribution in [3.05, 3.63) is 41.5 Å². The van der Waals surface area contributed by atoms with E-state index in [-0.39, 0.29) is 0 Å². The van der Waals surface area contributed by atoms with E-state index >= 15 is 0 Å². The maximum absolute atomic E-state index is 5.74. The molecule has 0 fully saturated rings. The smallest absolute Gasteiger partial charge is 0.0317 e. The monoisotopic (exact) mass is 157 g/mol. The lowest BCUT2D eigenvalue weighted by Gasteiger charge is -2.09. The van der Waals surface area contributed by atoms with Crippen LogP contribution in [0.25, 0.3) is 0 Å². The van der Waals surface area contributed by atoms with Gasteiger partial charge < -0.3 is 5.73 Å². The summed E-state index contributed by atoms with van der Waals surface area (Å²) < 4.78 is 0. The normalized spacial score (nSPS) is 29.3. The standard InChI is InChI=1S/C11H11N/c12-9-3-4-10-7-1-2-8(5-7)11(10)6-9/h1-4,6-8H,5,12H2/t7-,8+/m0/s1. The van der Waals surface area contributed by atoms with Gasteiger partial charge in [-0.15, -0.1) is 0 Å². The molecule has 3 rings (SSSR count). The number of benzene rings is 1. The molecule has 2 aliphatic carbocycles. The lowest BCUT2D eigenvalue weighted by molar-refractivity contribution is 0.804. The summed E-state index contributed by atoms with van der Waals surface area (Å²) in [6.07, 6.45) is 5.91. The van der Waals surface area contributed by atoms with Gasteiger partial charge in [0.05, 0.1) is 0 Å². The zero-order valence-corrected chi connectivity index (χ0v) is 6.83. The second kappa shape index (κ2) is 1.92. The van der Waals surface area contributed by atoms with Gasteiger partial charge in [0.2, 0.25) is 0 Å². The predicted molar refractivity (Wildman–Crippen MR) is 50.1 cm³/mol. The molecule has 0 saturated carbocycles. The SMILES string of the molecule is Nc1ccc2c(c1)[C@@H]1C=C[C@H]2C1. The zero-order valence-electron chi connectivity index (χ0n) is 6.83. The van der Waals surface area contributed by atoms with Crippen molar-refractivity contribution in [1.82, 2.24) is 0 Å². The number of nitrogen functional groups attached to an aromatic ring is 1. The second-order valence-electron chi connectivity index (χ2n) is 3.72. The van der Waals surface area contributed by atoms with Crippen molar-refractivity contribution in [2.75, 3.05) is 5.73 Å². The Hall–Kier alpha value is -1.24. The fourth-order valence-electron chi connectivity index (χ4n) is 2.41. The first-order chi connectivity index (χ1) is 5.84. The summed E-state index contributed by atoms with van der Waals surface area (Å²) >= 11 is 0. The molecule has 2 N–H and O–H groups in total. The molecular weight excluding hydrogens is 146 g/mol. The molecule has 0 saturated heterocycles. The van der Waals surface area contributed by atoms with E-state index < -0.39 is 0 Å². The van der Waals surface area contributed by atoms with Crippen LogP contribution >= 0.6 is 0 Å². The summed E-state index contributed by atoms with van der Waals surface area (Å²) in [5.41, 5.74) is 9.59. The molecule has 1 nitrogen and oxygen atoms in total. The third-order valence-corrected chi connectivity index (χ3v) is 2.99. The summed E-state index contributed by atoms with van der Waals surface area (Å²) in [6.45, 7) is 0.